The van der Waals surface area contributed by atoms with E-state index in [0.29, 0.717) is 0 Å². The molecule has 0 aliphatic carbocycles. The number of hydrogen-bond donors (Lipinski definition) is 2. The van der Waals surface area contributed by atoms with Gasteiger partial charge in [0.05, 0.1) is 5.69 Å². The van der Waals surface area contributed by atoms with Crippen LogP contribution in [-0.4, -0.2) is 18.9 Å². The highest BCUT2D eigenvalue weighted by atomic mass is 79.9. The molecule has 2 N–H and O–H groups in total. The minimum absolute atomic E-state index is 0.153. The summed E-state index contributed by atoms with van der Waals surface area (Å²) in [5.74, 6) is 0. The molecule has 92 valence electrons. The minimum Gasteiger partial charge on any atom is -0.358 e. The van der Waals surface area contributed by atoms with Crippen LogP contribution in [0.1, 0.15) is 18.4 Å². The van der Waals surface area contributed by atoms with Crippen LogP contribution in [0.2, 0.25) is 0 Å². The van der Waals surface area contributed by atoms with Crippen molar-refractivity contribution in [3.8, 4) is 0 Å². The number of hydrogen-bond acceptors (Lipinski definition) is 2. The highest BCUT2D eigenvalue weighted by molar-refractivity contribution is 9.10. The second-order valence-electron chi connectivity index (χ2n) is 4.08. The van der Waals surface area contributed by atoms with Gasteiger partial charge in [0.2, 0.25) is 0 Å². The Bertz CT molecular complexity index is 417. The zero-order valence-corrected chi connectivity index (χ0v) is 11.2. The van der Waals surface area contributed by atoms with Crippen LogP contribution in [0.4, 0.5) is 10.5 Å². The molecule has 1 aromatic carbocycles. The largest absolute Gasteiger partial charge is 0.358 e. The average molecular weight is 299 g/mol. The molecular formula is C12H15BrN2O2. The molecule has 1 atom stereocenters. The number of rotatable bonds is 2. The predicted molar refractivity (Wildman–Crippen MR) is 70.0 cm³/mol. The van der Waals surface area contributed by atoms with Gasteiger partial charge in [-0.05, 0) is 53.4 Å². The summed E-state index contributed by atoms with van der Waals surface area (Å²) >= 11 is 3.41. The maximum Gasteiger partial charge on any atom is 0.321 e. The van der Waals surface area contributed by atoms with Crippen molar-refractivity contribution in [3.05, 3.63) is 28.2 Å². The van der Waals surface area contributed by atoms with Crippen molar-refractivity contribution in [2.75, 3.05) is 11.9 Å². The normalized spacial score (nSPS) is 19.1. The summed E-state index contributed by atoms with van der Waals surface area (Å²) in [6.07, 6.45) is 1.72. The fourth-order valence-corrected chi connectivity index (χ4v) is 2.31. The van der Waals surface area contributed by atoms with Crippen LogP contribution < -0.4 is 10.6 Å². The number of amides is 2. The Morgan fingerprint density at radius 3 is 3.00 bits per heavy atom. The third-order valence-electron chi connectivity index (χ3n) is 2.59. The lowest BCUT2D eigenvalue weighted by atomic mass is 10.2. The number of carbonyl (C=O) groups excluding carboxylic acids is 1. The Kier molecular flexibility index (Phi) is 4.02. The topological polar surface area (TPSA) is 50.4 Å². The van der Waals surface area contributed by atoms with E-state index in [1.165, 1.54) is 0 Å². The third-order valence-corrected chi connectivity index (χ3v) is 3.25. The summed E-state index contributed by atoms with van der Waals surface area (Å²) in [4.78, 5) is 11.7. The minimum atomic E-state index is -0.235. The summed E-state index contributed by atoms with van der Waals surface area (Å²) in [6.45, 7) is 2.72. The summed E-state index contributed by atoms with van der Waals surface area (Å²) in [6, 6.07) is 5.55. The number of nitrogens with one attached hydrogen (secondary N) is 2. The van der Waals surface area contributed by atoms with Gasteiger partial charge in [-0.2, -0.15) is 0 Å². The lowest BCUT2D eigenvalue weighted by Crippen LogP contribution is -2.37. The summed E-state index contributed by atoms with van der Waals surface area (Å²) in [5, 5.41) is 5.56. The van der Waals surface area contributed by atoms with Gasteiger partial charge in [-0.3, -0.25) is 0 Å². The molecule has 1 aliphatic heterocycles. The van der Waals surface area contributed by atoms with E-state index in [2.05, 4.69) is 26.6 Å². The molecule has 2 amide bonds. The van der Waals surface area contributed by atoms with E-state index in [4.69, 9.17) is 4.74 Å². The van der Waals surface area contributed by atoms with Gasteiger partial charge in [0.15, 0.2) is 0 Å². The second kappa shape index (κ2) is 5.51. The summed E-state index contributed by atoms with van der Waals surface area (Å²) in [7, 11) is 0. The molecule has 17 heavy (non-hydrogen) atoms. The number of anilines is 1. The van der Waals surface area contributed by atoms with E-state index < -0.39 is 0 Å². The second-order valence-corrected chi connectivity index (χ2v) is 4.94. The van der Waals surface area contributed by atoms with Crippen molar-refractivity contribution in [3.63, 3.8) is 0 Å². The molecule has 1 aromatic rings. The average Bonchev–Trinajstić information content (AvgIpc) is 2.75. The van der Waals surface area contributed by atoms with Crippen LogP contribution in [0.15, 0.2) is 22.7 Å². The zero-order chi connectivity index (χ0) is 12.3. The van der Waals surface area contributed by atoms with Crippen molar-refractivity contribution in [2.45, 2.75) is 26.0 Å². The molecule has 0 saturated carbocycles. The Labute approximate surface area is 109 Å². The smallest absolute Gasteiger partial charge is 0.321 e. The zero-order valence-electron chi connectivity index (χ0n) is 9.63. The van der Waals surface area contributed by atoms with Gasteiger partial charge in [0.1, 0.15) is 6.23 Å². The molecule has 1 heterocycles. The first-order chi connectivity index (χ1) is 8.15. The van der Waals surface area contributed by atoms with Crippen molar-refractivity contribution in [1.29, 1.82) is 0 Å². The standard InChI is InChI=1S/C12H15BrN2O2/c1-8-4-5-10(9(13)7-8)14-12(16)15-11-3-2-6-17-11/h4-5,7,11H,2-3,6H2,1H3,(H2,14,15,16). The third kappa shape index (κ3) is 3.44. The number of halogens is 1. The van der Waals surface area contributed by atoms with Crippen molar-refractivity contribution in [2.24, 2.45) is 0 Å². The highest BCUT2D eigenvalue weighted by Crippen LogP contribution is 2.23. The maximum atomic E-state index is 11.7. The Morgan fingerprint density at radius 2 is 2.35 bits per heavy atom. The fourth-order valence-electron chi connectivity index (χ4n) is 1.72. The van der Waals surface area contributed by atoms with E-state index in [-0.39, 0.29) is 12.3 Å². The van der Waals surface area contributed by atoms with Crippen LogP contribution >= 0.6 is 15.9 Å². The Balaban J connectivity index is 1.93. The van der Waals surface area contributed by atoms with E-state index in [1.54, 1.807) is 0 Å². The van der Waals surface area contributed by atoms with Crippen molar-refractivity contribution < 1.29 is 9.53 Å². The molecule has 1 aliphatic rings. The van der Waals surface area contributed by atoms with E-state index >= 15 is 0 Å². The lowest BCUT2D eigenvalue weighted by molar-refractivity contribution is 0.0928. The quantitative estimate of drug-likeness (QED) is 0.882. The number of aryl methyl sites for hydroxylation is 1. The van der Waals surface area contributed by atoms with E-state index in [1.807, 2.05) is 25.1 Å². The van der Waals surface area contributed by atoms with E-state index in [9.17, 15) is 4.79 Å². The molecule has 1 fully saturated rings. The lowest BCUT2D eigenvalue weighted by Gasteiger charge is -2.13. The van der Waals surface area contributed by atoms with Gasteiger partial charge >= 0.3 is 6.03 Å². The van der Waals surface area contributed by atoms with Gasteiger partial charge in [0.25, 0.3) is 0 Å². The maximum absolute atomic E-state index is 11.7. The summed E-state index contributed by atoms with van der Waals surface area (Å²) < 4.78 is 6.20. The van der Waals surface area contributed by atoms with Gasteiger partial charge < -0.3 is 15.4 Å². The molecule has 0 aromatic heterocycles. The van der Waals surface area contributed by atoms with Crippen molar-refractivity contribution in [1.82, 2.24) is 5.32 Å². The van der Waals surface area contributed by atoms with Gasteiger partial charge in [-0.25, -0.2) is 4.79 Å². The predicted octanol–water partition coefficient (Wildman–Crippen LogP) is 3.02. The molecule has 4 nitrogen and oxygen atoms in total. The van der Waals surface area contributed by atoms with Crippen LogP contribution in [0.5, 0.6) is 0 Å². The molecule has 0 radical (unpaired) electrons. The molecule has 2 rings (SSSR count). The monoisotopic (exact) mass is 298 g/mol. The number of benzene rings is 1. The molecule has 0 bridgehead atoms. The molecule has 5 heteroatoms. The molecule has 1 unspecified atom stereocenters. The first-order valence-electron chi connectivity index (χ1n) is 5.60. The van der Waals surface area contributed by atoms with Crippen molar-refractivity contribution >= 4 is 27.6 Å². The Morgan fingerprint density at radius 1 is 1.53 bits per heavy atom. The van der Waals surface area contributed by atoms with Crippen LogP contribution in [0, 0.1) is 6.92 Å². The Hall–Kier alpha value is -1.07. The highest BCUT2D eigenvalue weighted by Gasteiger charge is 2.17. The molecular weight excluding hydrogens is 284 g/mol. The van der Waals surface area contributed by atoms with Gasteiger partial charge in [-0.15, -0.1) is 0 Å². The SMILES string of the molecule is Cc1ccc(NC(=O)NC2CCCO2)c(Br)c1. The van der Waals surface area contributed by atoms with Crippen LogP contribution in [-0.2, 0) is 4.74 Å². The fraction of sp³-hybridized carbons (Fsp3) is 0.417. The molecule has 0 spiro atoms. The van der Waals surface area contributed by atoms with Gasteiger partial charge in [-0.1, -0.05) is 6.07 Å². The molecule has 1 saturated heterocycles. The van der Waals surface area contributed by atoms with Crippen LogP contribution in [0.25, 0.3) is 0 Å². The number of urea groups is 1. The number of carbonyl (C=O) groups is 1. The van der Waals surface area contributed by atoms with E-state index in [0.717, 1.165) is 35.2 Å². The first kappa shape index (κ1) is 12.4. The van der Waals surface area contributed by atoms with Crippen LogP contribution in [0.3, 0.4) is 0 Å². The summed E-state index contributed by atoms with van der Waals surface area (Å²) in [5.41, 5.74) is 1.90. The number of ether oxygens (including phenoxy) is 1. The first-order valence-corrected chi connectivity index (χ1v) is 6.40. The van der Waals surface area contributed by atoms with Gasteiger partial charge in [0, 0.05) is 11.1 Å².